The molecule has 15 heavy (non-hydrogen) atoms. The van der Waals surface area contributed by atoms with E-state index in [1.807, 2.05) is 12.1 Å². The zero-order chi connectivity index (χ0) is 10.2. The molecule has 0 spiro atoms. The Balaban J connectivity index is 0.000000245. The summed E-state index contributed by atoms with van der Waals surface area (Å²) in [5, 5.41) is 17.3. The maximum atomic E-state index is 8.63. The topological polar surface area (TPSA) is 40.5 Å². The normalized spacial score (nSPS) is 8.00. The summed E-state index contributed by atoms with van der Waals surface area (Å²) in [6.45, 7) is 0. The van der Waals surface area contributed by atoms with E-state index in [-0.39, 0.29) is 37.7 Å². The summed E-state index contributed by atoms with van der Waals surface area (Å²) in [6, 6.07) is 17.4. The third-order valence-electron chi connectivity index (χ3n) is 1.51. The Morgan fingerprint density at radius 1 is 0.533 bits per heavy atom. The molecule has 0 aliphatic rings. The van der Waals surface area contributed by atoms with E-state index in [9.17, 15) is 0 Å². The molecule has 2 nitrogen and oxygen atoms in total. The number of hydrogen-bond donors (Lipinski definition) is 2. The first kappa shape index (κ1) is 14.3. The van der Waals surface area contributed by atoms with Crippen LogP contribution < -0.4 is 0 Å². The van der Waals surface area contributed by atoms with Crippen LogP contribution in [0, 0.1) is 0 Å². The van der Waals surface area contributed by atoms with Gasteiger partial charge in [-0.3, -0.25) is 0 Å². The van der Waals surface area contributed by atoms with Crippen molar-refractivity contribution < 1.29 is 10.2 Å². The van der Waals surface area contributed by atoms with Crippen LogP contribution in [0.5, 0.6) is 11.5 Å². The molecule has 2 aromatic rings. The van der Waals surface area contributed by atoms with E-state index in [2.05, 4.69) is 0 Å². The Morgan fingerprint density at radius 3 is 0.933 bits per heavy atom. The summed E-state index contributed by atoms with van der Waals surface area (Å²) in [4.78, 5) is 0. The molecule has 2 rings (SSSR count). The van der Waals surface area contributed by atoms with Gasteiger partial charge in [0.05, 0.1) is 0 Å². The van der Waals surface area contributed by atoms with Crippen LogP contribution in [0.4, 0.5) is 0 Å². The van der Waals surface area contributed by atoms with Crippen LogP contribution >= 0.6 is 0 Å². The fraction of sp³-hybridized carbons (Fsp3) is 0. The molecule has 0 aliphatic heterocycles. The second-order valence-electron chi connectivity index (χ2n) is 2.67. The molecule has 74 valence electrons. The van der Waals surface area contributed by atoms with Crippen molar-refractivity contribution in [3.05, 3.63) is 60.7 Å². The minimum atomic E-state index is 0. The molecule has 0 atom stereocenters. The van der Waals surface area contributed by atoms with Gasteiger partial charge in [0, 0.05) is 37.7 Å². The molecule has 0 amide bonds. The van der Waals surface area contributed by atoms with Gasteiger partial charge in [0.1, 0.15) is 11.5 Å². The zero-order valence-corrected chi connectivity index (χ0v) is 10.6. The summed E-state index contributed by atoms with van der Waals surface area (Å²) in [6.07, 6.45) is 0. The van der Waals surface area contributed by atoms with Gasteiger partial charge in [-0.1, -0.05) is 36.4 Å². The second-order valence-corrected chi connectivity index (χ2v) is 2.67. The number of benzene rings is 2. The van der Waals surface area contributed by atoms with Crippen molar-refractivity contribution in [1.29, 1.82) is 0 Å². The maximum Gasteiger partial charge on any atom is 0.115 e. The number of para-hydroxylation sites is 2. The molecule has 2 aromatic carbocycles. The second kappa shape index (κ2) is 8.60. The van der Waals surface area contributed by atoms with Gasteiger partial charge in [-0.15, -0.1) is 0 Å². The van der Waals surface area contributed by atoms with Gasteiger partial charge in [0.15, 0.2) is 0 Å². The minimum Gasteiger partial charge on any atom is -0.508 e. The summed E-state index contributed by atoms with van der Waals surface area (Å²) in [7, 11) is 0. The molecule has 0 saturated heterocycles. The molecule has 2 N–H and O–H groups in total. The van der Waals surface area contributed by atoms with E-state index >= 15 is 0 Å². The molecule has 0 heterocycles. The first-order valence-corrected chi connectivity index (χ1v) is 4.27. The molecule has 0 bridgehead atoms. The largest absolute Gasteiger partial charge is 0.508 e. The van der Waals surface area contributed by atoms with Crippen LogP contribution in [-0.2, 0) is 0 Å². The van der Waals surface area contributed by atoms with Crippen molar-refractivity contribution in [2.24, 2.45) is 0 Å². The van der Waals surface area contributed by atoms with Gasteiger partial charge >= 0.3 is 0 Å². The molecule has 2 radical (unpaired) electrons. The van der Waals surface area contributed by atoms with Crippen molar-refractivity contribution in [2.45, 2.75) is 0 Å². The average molecular weight is 228 g/mol. The average Bonchev–Trinajstić information content (AvgIpc) is 2.21. The van der Waals surface area contributed by atoms with Crippen molar-refractivity contribution in [2.75, 3.05) is 0 Å². The Labute approximate surface area is 119 Å². The Hall–Kier alpha value is -0.700. The van der Waals surface area contributed by atoms with Crippen molar-refractivity contribution in [1.82, 2.24) is 0 Å². The van der Waals surface area contributed by atoms with Crippen molar-refractivity contribution in [3.63, 3.8) is 0 Å². The molecule has 0 saturated carbocycles. The van der Waals surface area contributed by atoms with Crippen LogP contribution in [0.3, 0.4) is 0 Å². The summed E-state index contributed by atoms with van der Waals surface area (Å²) >= 11 is 0. The Bertz CT molecular complexity index is 311. The molecule has 0 aliphatic carbocycles. The van der Waals surface area contributed by atoms with E-state index in [0.717, 1.165) is 0 Å². The molecular formula is C12H12CaO2. The molecule has 0 fully saturated rings. The summed E-state index contributed by atoms with van der Waals surface area (Å²) in [5.74, 6) is 0.644. The van der Waals surface area contributed by atoms with Gasteiger partial charge in [-0.25, -0.2) is 0 Å². The van der Waals surface area contributed by atoms with Crippen LogP contribution in [0.1, 0.15) is 0 Å². The number of phenols is 2. The fourth-order valence-electron chi connectivity index (χ4n) is 0.856. The third-order valence-corrected chi connectivity index (χ3v) is 1.51. The molecular weight excluding hydrogens is 216 g/mol. The zero-order valence-electron chi connectivity index (χ0n) is 8.38. The monoisotopic (exact) mass is 228 g/mol. The van der Waals surface area contributed by atoms with Crippen molar-refractivity contribution >= 4 is 37.7 Å². The smallest absolute Gasteiger partial charge is 0.115 e. The quantitative estimate of drug-likeness (QED) is 0.680. The van der Waals surface area contributed by atoms with Crippen LogP contribution in [0.2, 0.25) is 0 Å². The standard InChI is InChI=1S/2C6H6O.Ca/c2*7-6-4-2-1-3-5-6;/h2*1-5,7H;. The SMILES string of the molecule is Oc1ccccc1.Oc1ccccc1.[Ca]. The predicted molar refractivity (Wildman–Crippen MR) is 62.0 cm³/mol. The Kier molecular flexibility index (Phi) is 8.19. The van der Waals surface area contributed by atoms with E-state index in [1.54, 1.807) is 48.5 Å². The number of aromatic hydroxyl groups is 2. The number of phenolic OH excluding ortho intramolecular Hbond substituents is 2. The predicted octanol–water partition coefficient (Wildman–Crippen LogP) is 2.40. The van der Waals surface area contributed by atoms with E-state index < -0.39 is 0 Å². The minimum absolute atomic E-state index is 0. The number of hydrogen-bond acceptors (Lipinski definition) is 2. The van der Waals surface area contributed by atoms with E-state index in [0.29, 0.717) is 11.5 Å². The van der Waals surface area contributed by atoms with Crippen LogP contribution in [-0.4, -0.2) is 48.0 Å². The van der Waals surface area contributed by atoms with Gasteiger partial charge in [-0.2, -0.15) is 0 Å². The summed E-state index contributed by atoms with van der Waals surface area (Å²) in [5.41, 5.74) is 0. The van der Waals surface area contributed by atoms with Gasteiger partial charge in [-0.05, 0) is 24.3 Å². The van der Waals surface area contributed by atoms with Gasteiger partial charge in [0.25, 0.3) is 0 Å². The van der Waals surface area contributed by atoms with Crippen LogP contribution in [0.25, 0.3) is 0 Å². The molecule has 0 aromatic heterocycles. The van der Waals surface area contributed by atoms with E-state index in [4.69, 9.17) is 10.2 Å². The van der Waals surface area contributed by atoms with Gasteiger partial charge < -0.3 is 10.2 Å². The van der Waals surface area contributed by atoms with Crippen LogP contribution in [0.15, 0.2) is 60.7 Å². The van der Waals surface area contributed by atoms with E-state index in [1.165, 1.54) is 0 Å². The first-order chi connectivity index (χ1) is 6.79. The third kappa shape index (κ3) is 7.25. The molecule has 3 heteroatoms. The first-order valence-electron chi connectivity index (χ1n) is 4.27. The van der Waals surface area contributed by atoms with Gasteiger partial charge in [0.2, 0.25) is 0 Å². The maximum absolute atomic E-state index is 8.63. The fourth-order valence-corrected chi connectivity index (χ4v) is 0.856. The van der Waals surface area contributed by atoms with Crippen molar-refractivity contribution in [3.8, 4) is 11.5 Å². The molecule has 0 unspecified atom stereocenters. The number of rotatable bonds is 0. The summed E-state index contributed by atoms with van der Waals surface area (Å²) < 4.78 is 0. The Morgan fingerprint density at radius 2 is 0.800 bits per heavy atom.